The van der Waals surface area contributed by atoms with E-state index in [0.717, 1.165) is 43.6 Å². The Hall–Kier alpha value is -6.82. The lowest BCUT2D eigenvalue weighted by Gasteiger charge is -2.12. The van der Waals surface area contributed by atoms with E-state index >= 15 is 0 Å². The third-order valence-electron chi connectivity index (χ3n) is 10.9. The summed E-state index contributed by atoms with van der Waals surface area (Å²) in [5.74, 6) is 0.672. The number of aromatic nitrogens is 4. The van der Waals surface area contributed by atoms with E-state index < -0.39 is 0 Å². The molecule has 0 fully saturated rings. The van der Waals surface area contributed by atoms with E-state index in [2.05, 4.69) is 179 Å². The van der Waals surface area contributed by atoms with Crippen LogP contribution in [0.1, 0.15) is 0 Å². The maximum Gasteiger partial charge on any atom is 0.235 e. The Morgan fingerprint density at radius 3 is 1.85 bits per heavy atom. The van der Waals surface area contributed by atoms with Crippen molar-refractivity contribution in [3.05, 3.63) is 170 Å². The predicted molar refractivity (Wildman–Crippen MR) is 224 cm³/mol. The summed E-state index contributed by atoms with van der Waals surface area (Å²) < 4.78 is 7.02. The van der Waals surface area contributed by atoms with Gasteiger partial charge in [-0.3, -0.25) is 4.57 Å². The summed E-state index contributed by atoms with van der Waals surface area (Å²) in [4.78, 5) is 11.1. The molecule has 0 saturated heterocycles. The third kappa shape index (κ3) is 4.00. The Morgan fingerprint density at radius 1 is 0.396 bits per heavy atom. The van der Waals surface area contributed by atoms with Gasteiger partial charge in [0.05, 0.1) is 38.0 Å². The Balaban J connectivity index is 1.29. The van der Waals surface area contributed by atoms with Crippen molar-refractivity contribution in [3.63, 3.8) is 0 Å². The number of thiophene rings is 1. The van der Waals surface area contributed by atoms with Crippen molar-refractivity contribution in [1.82, 2.24) is 19.1 Å². The molecule has 5 heteroatoms. The van der Waals surface area contributed by atoms with E-state index in [1.54, 1.807) is 11.3 Å². The highest BCUT2D eigenvalue weighted by atomic mass is 32.1. The molecule has 0 amide bonds. The molecule has 0 spiro atoms. The first kappa shape index (κ1) is 28.8. The highest BCUT2D eigenvalue weighted by molar-refractivity contribution is 7.26. The van der Waals surface area contributed by atoms with Gasteiger partial charge in [-0.05, 0) is 64.0 Å². The SMILES string of the molecule is c1ccc(-n2c3ccccc3c3c4c5c6ccccc6ccc5n(-c5nc(-c6cccc7ccccc67)c6sc7ccccc7c6n5)c4ccc32)cc1. The van der Waals surface area contributed by atoms with Crippen molar-refractivity contribution in [2.45, 2.75) is 0 Å². The van der Waals surface area contributed by atoms with Crippen LogP contribution < -0.4 is 0 Å². The van der Waals surface area contributed by atoms with Gasteiger partial charge in [0.1, 0.15) is 0 Å². The Labute approximate surface area is 307 Å². The Morgan fingerprint density at radius 2 is 1.00 bits per heavy atom. The third-order valence-corrected chi connectivity index (χ3v) is 12.1. The fourth-order valence-corrected chi connectivity index (χ4v) is 9.84. The smallest absolute Gasteiger partial charge is 0.235 e. The van der Waals surface area contributed by atoms with Crippen LogP contribution in [0.3, 0.4) is 0 Å². The van der Waals surface area contributed by atoms with Crippen molar-refractivity contribution in [2.75, 3.05) is 0 Å². The van der Waals surface area contributed by atoms with Crippen LogP contribution in [0.15, 0.2) is 170 Å². The lowest BCUT2D eigenvalue weighted by atomic mass is 10.0. The zero-order valence-corrected chi connectivity index (χ0v) is 29.2. The first-order chi connectivity index (χ1) is 26.3. The van der Waals surface area contributed by atoms with Gasteiger partial charge in [0.15, 0.2) is 0 Å². The van der Waals surface area contributed by atoms with E-state index in [-0.39, 0.29) is 0 Å². The van der Waals surface area contributed by atoms with Gasteiger partial charge in [0, 0.05) is 42.9 Å². The first-order valence-corrected chi connectivity index (χ1v) is 18.7. The minimum atomic E-state index is 0.672. The van der Waals surface area contributed by atoms with Gasteiger partial charge in [0.25, 0.3) is 0 Å². The molecule has 53 heavy (non-hydrogen) atoms. The quantitative estimate of drug-likeness (QED) is 0.185. The van der Waals surface area contributed by atoms with E-state index in [4.69, 9.17) is 9.97 Å². The predicted octanol–water partition coefficient (Wildman–Crippen LogP) is 13.0. The zero-order valence-electron chi connectivity index (χ0n) is 28.4. The van der Waals surface area contributed by atoms with Gasteiger partial charge in [-0.1, -0.05) is 127 Å². The Kier molecular flexibility index (Phi) is 5.90. The monoisotopic (exact) mass is 692 g/mol. The number of benzene rings is 8. The maximum absolute atomic E-state index is 5.59. The summed E-state index contributed by atoms with van der Waals surface area (Å²) >= 11 is 1.77. The van der Waals surface area contributed by atoms with Gasteiger partial charge in [-0.25, -0.2) is 9.97 Å². The van der Waals surface area contributed by atoms with Crippen molar-refractivity contribution < 1.29 is 0 Å². The first-order valence-electron chi connectivity index (χ1n) is 17.9. The minimum Gasteiger partial charge on any atom is -0.309 e. The second-order valence-electron chi connectivity index (χ2n) is 13.7. The largest absolute Gasteiger partial charge is 0.309 e. The molecule has 0 bridgehead atoms. The van der Waals surface area contributed by atoms with Gasteiger partial charge in [-0.2, -0.15) is 0 Å². The van der Waals surface area contributed by atoms with Crippen LogP contribution in [-0.2, 0) is 0 Å². The highest BCUT2D eigenvalue weighted by Crippen LogP contribution is 2.46. The van der Waals surface area contributed by atoms with Crippen LogP contribution in [-0.4, -0.2) is 19.1 Å². The van der Waals surface area contributed by atoms with Crippen LogP contribution >= 0.6 is 11.3 Å². The molecular weight excluding hydrogens is 665 g/mol. The van der Waals surface area contributed by atoms with E-state index in [1.165, 1.54) is 58.8 Å². The molecule has 8 aromatic carbocycles. The average Bonchev–Trinajstić information content (AvgIpc) is 3.88. The molecule has 0 N–H and O–H groups in total. The molecular formula is C48H28N4S. The van der Waals surface area contributed by atoms with Crippen LogP contribution in [0.2, 0.25) is 0 Å². The molecule has 4 nitrogen and oxygen atoms in total. The summed E-state index contributed by atoms with van der Waals surface area (Å²) in [6.07, 6.45) is 0. The molecule has 12 aromatic rings. The molecule has 0 radical (unpaired) electrons. The second-order valence-corrected chi connectivity index (χ2v) is 14.8. The lowest BCUT2D eigenvalue weighted by Crippen LogP contribution is -2.03. The van der Waals surface area contributed by atoms with Crippen LogP contribution in [0.25, 0.3) is 108 Å². The molecule has 12 rings (SSSR count). The summed E-state index contributed by atoms with van der Waals surface area (Å²) in [6.45, 7) is 0. The number of hydrogen-bond acceptors (Lipinski definition) is 3. The fourth-order valence-electron chi connectivity index (χ4n) is 8.69. The zero-order chi connectivity index (χ0) is 34.6. The van der Waals surface area contributed by atoms with Crippen molar-refractivity contribution in [3.8, 4) is 22.9 Å². The Bertz CT molecular complexity index is 3450. The van der Waals surface area contributed by atoms with Gasteiger partial charge in [-0.15, -0.1) is 11.3 Å². The maximum atomic E-state index is 5.59. The standard InChI is InChI=1S/C48H28N4S/c1-2-16-31(17-3-1)51-37-23-10-8-20-35(37)43-38(51)27-28-40-44(43)42-33-19-7-5-14-30(33)25-26-39(42)52(40)48-49-45(34-22-12-15-29-13-4-6-18-32(29)34)47-46(50-48)36-21-9-11-24-41(36)53-47/h1-28H. The minimum absolute atomic E-state index is 0.672. The summed E-state index contributed by atoms with van der Waals surface area (Å²) in [6, 6.07) is 61.0. The molecule has 0 unspecified atom stereocenters. The summed E-state index contributed by atoms with van der Waals surface area (Å²) in [5, 5.41) is 10.8. The van der Waals surface area contributed by atoms with Crippen molar-refractivity contribution >= 4 is 96.8 Å². The highest BCUT2D eigenvalue weighted by Gasteiger charge is 2.25. The van der Waals surface area contributed by atoms with Crippen LogP contribution in [0, 0.1) is 0 Å². The van der Waals surface area contributed by atoms with E-state index in [9.17, 15) is 0 Å². The molecule has 0 saturated carbocycles. The van der Waals surface area contributed by atoms with Crippen molar-refractivity contribution in [2.24, 2.45) is 0 Å². The molecule has 4 heterocycles. The number of fused-ring (bicyclic) bond motifs is 13. The number of hydrogen-bond donors (Lipinski definition) is 0. The molecule has 0 aliphatic rings. The van der Waals surface area contributed by atoms with Crippen molar-refractivity contribution in [1.29, 1.82) is 0 Å². The number of nitrogens with zero attached hydrogens (tertiary/aromatic N) is 4. The lowest BCUT2D eigenvalue weighted by molar-refractivity contribution is 1.02. The average molecular weight is 693 g/mol. The summed E-state index contributed by atoms with van der Waals surface area (Å²) in [5.41, 5.74) is 8.73. The molecule has 0 aliphatic heterocycles. The van der Waals surface area contributed by atoms with Crippen LogP contribution in [0.4, 0.5) is 0 Å². The number of para-hydroxylation sites is 2. The molecule has 0 atom stereocenters. The van der Waals surface area contributed by atoms with Gasteiger partial charge in [0.2, 0.25) is 5.95 Å². The fraction of sp³-hybridized carbons (Fsp3) is 0. The van der Waals surface area contributed by atoms with Gasteiger partial charge >= 0.3 is 0 Å². The molecule has 4 aromatic heterocycles. The number of rotatable bonds is 3. The van der Waals surface area contributed by atoms with E-state index in [1.807, 2.05) is 0 Å². The molecule has 0 aliphatic carbocycles. The van der Waals surface area contributed by atoms with Crippen LogP contribution in [0.5, 0.6) is 0 Å². The molecule has 246 valence electrons. The van der Waals surface area contributed by atoms with Gasteiger partial charge < -0.3 is 4.57 Å². The second kappa shape index (κ2) is 10.8. The summed E-state index contributed by atoms with van der Waals surface area (Å²) in [7, 11) is 0. The normalized spacial score (nSPS) is 12.2. The topological polar surface area (TPSA) is 35.6 Å². The van der Waals surface area contributed by atoms with E-state index in [0.29, 0.717) is 5.95 Å².